The van der Waals surface area contributed by atoms with Gasteiger partial charge in [0.1, 0.15) is 23.0 Å². The summed E-state index contributed by atoms with van der Waals surface area (Å²) >= 11 is 0. The van der Waals surface area contributed by atoms with Crippen molar-refractivity contribution in [1.29, 1.82) is 0 Å². The van der Waals surface area contributed by atoms with E-state index < -0.39 is 0 Å². The number of hydrogen-bond acceptors (Lipinski definition) is 3. The molecule has 4 heteroatoms. The first-order valence-electron chi connectivity index (χ1n) is 18.1. The molecular weight excluding hydrogens is 633 g/mol. The second-order valence-electron chi connectivity index (χ2n) is 15.1. The van der Waals surface area contributed by atoms with Crippen LogP contribution in [0.1, 0.15) is 37.5 Å². The van der Waals surface area contributed by atoms with Crippen LogP contribution in [0.2, 0.25) is 0 Å². The van der Waals surface area contributed by atoms with Crippen molar-refractivity contribution in [1.82, 2.24) is 0 Å². The predicted molar refractivity (Wildman–Crippen MR) is 218 cm³/mol. The second kappa shape index (κ2) is 12.3. The Bertz CT molecular complexity index is 2370. The first-order valence-corrected chi connectivity index (χ1v) is 18.1. The molecule has 2 aliphatic rings. The van der Waals surface area contributed by atoms with Crippen LogP contribution >= 0.6 is 0 Å². The number of benzene rings is 7. The van der Waals surface area contributed by atoms with Crippen molar-refractivity contribution in [2.45, 2.75) is 40.0 Å². The first-order chi connectivity index (χ1) is 25.2. The summed E-state index contributed by atoms with van der Waals surface area (Å²) in [5.41, 5.74) is 14.8. The number of anilines is 3. The van der Waals surface area contributed by atoms with Gasteiger partial charge in [0.2, 0.25) is 0 Å². The molecule has 9 rings (SSSR count). The normalized spacial score (nSPS) is 12.6. The average Bonchev–Trinajstić information content (AvgIpc) is 3.16. The molecule has 0 saturated carbocycles. The molecule has 52 heavy (non-hydrogen) atoms. The van der Waals surface area contributed by atoms with E-state index in [1.807, 2.05) is 0 Å². The van der Waals surface area contributed by atoms with Crippen LogP contribution in [-0.4, -0.2) is 6.71 Å². The van der Waals surface area contributed by atoms with Crippen molar-refractivity contribution in [3.63, 3.8) is 0 Å². The van der Waals surface area contributed by atoms with Crippen LogP contribution in [0.3, 0.4) is 0 Å². The van der Waals surface area contributed by atoms with Gasteiger partial charge in [-0.25, -0.2) is 0 Å². The summed E-state index contributed by atoms with van der Waals surface area (Å²) in [7, 11) is 0. The van der Waals surface area contributed by atoms with E-state index in [4.69, 9.17) is 9.47 Å². The smallest absolute Gasteiger partial charge is 0.260 e. The first kappa shape index (κ1) is 31.9. The van der Waals surface area contributed by atoms with Gasteiger partial charge < -0.3 is 14.4 Å². The molecule has 0 spiro atoms. The van der Waals surface area contributed by atoms with Crippen molar-refractivity contribution < 1.29 is 9.47 Å². The van der Waals surface area contributed by atoms with Crippen LogP contribution < -0.4 is 30.8 Å². The molecule has 0 amide bonds. The highest BCUT2D eigenvalue weighted by molar-refractivity contribution is 6.98. The lowest BCUT2D eigenvalue weighted by atomic mass is 9.34. The minimum atomic E-state index is -0.0425. The topological polar surface area (TPSA) is 21.7 Å². The zero-order chi connectivity index (χ0) is 35.6. The third-order valence-electron chi connectivity index (χ3n) is 10.6. The maximum Gasteiger partial charge on any atom is 0.260 e. The van der Waals surface area contributed by atoms with Gasteiger partial charge in [-0.2, -0.15) is 0 Å². The molecule has 7 aromatic carbocycles. The molecule has 0 radical (unpaired) electrons. The van der Waals surface area contributed by atoms with E-state index in [1.165, 1.54) is 16.7 Å². The number of para-hydroxylation sites is 1. The van der Waals surface area contributed by atoms with Crippen molar-refractivity contribution in [2.75, 3.05) is 4.90 Å². The van der Waals surface area contributed by atoms with Crippen LogP contribution in [-0.2, 0) is 5.41 Å². The fraction of sp³-hybridized carbons (Fsp3) is 0.125. The Labute approximate surface area is 307 Å². The summed E-state index contributed by atoms with van der Waals surface area (Å²) in [5.74, 6) is 3.37. The zero-order valence-electron chi connectivity index (χ0n) is 30.3. The van der Waals surface area contributed by atoms with Gasteiger partial charge in [0, 0.05) is 29.0 Å². The highest BCUT2D eigenvalue weighted by Crippen LogP contribution is 2.45. The molecule has 252 valence electrons. The number of ether oxygens (including phenoxy) is 2. The Hall–Kier alpha value is -6.00. The number of nitrogens with zero attached hydrogens (tertiary/aromatic N) is 1. The molecule has 7 aromatic rings. The van der Waals surface area contributed by atoms with E-state index in [9.17, 15) is 0 Å². The predicted octanol–water partition coefficient (Wildman–Crippen LogP) is 11.1. The Balaban J connectivity index is 1.28. The molecule has 3 nitrogen and oxygen atoms in total. The maximum atomic E-state index is 6.99. The summed E-state index contributed by atoms with van der Waals surface area (Å²) in [6, 6.07) is 54.2. The quantitative estimate of drug-likeness (QED) is 0.170. The highest BCUT2D eigenvalue weighted by atomic mass is 16.5. The van der Waals surface area contributed by atoms with Gasteiger partial charge in [-0.05, 0) is 93.4 Å². The number of aryl methyl sites for hydroxylation is 2. The van der Waals surface area contributed by atoms with E-state index in [0.717, 1.165) is 78.7 Å². The van der Waals surface area contributed by atoms with Crippen molar-refractivity contribution >= 4 is 40.2 Å². The lowest BCUT2D eigenvalue weighted by Gasteiger charge is -2.36. The molecule has 0 bridgehead atoms. The minimum absolute atomic E-state index is 0.0124. The van der Waals surface area contributed by atoms with Gasteiger partial charge in [0.05, 0.1) is 5.69 Å². The van der Waals surface area contributed by atoms with Crippen molar-refractivity contribution in [2.24, 2.45) is 0 Å². The fourth-order valence-electron chi connectivity index (χ4n) is 7.77. The molecule has 2 heterocycles. The van der Waals surface area contributed by atoms with Crippen molar-refractivity contribution in [3.05, 3.63) is 168 Å². The highest BCUT2D eigenvalue weighted by Gasteiger charge is 2.41. The molecule has 0 fully saturated rings. The molecule has 0 N–H and O–H groups in total. The van der Waals surface area contributed by atoms with E-state index in [1.54, 1.807) is 0 Å². The maximum absolute atomic E-state index is 6.99. The van der Waals surface area contributed by atoms with Gasteiger partial charge in [0.15, 0.2) is 0 Å². The van der Waals surface area contributed by atoms with Crippen LogP contribution in [0, 0.1) is 13.8 Å². The average molecular weight is 674 g/mol. The summed E-state index contributed by atoms with van der Waals surface area (Å²) in [4.78, 5) is 2.38. The summed E-state index contributed by atoms with van der Waals surface area (Å²) < 4.78 is 14.0. The minimum Gasteiger partial charge on any atom is -0.458 e. The molecule has 2 aliphatic heterocycles. The molecule has 0 atom stereocenters. The zero-order valence-corrected chi connectivity index (χ0v) is 30.3. The Morgan fingerprint density at radius 1 is 0.462 bits per heavy atom. The third-order valence-corrected chi connectivity index (χ3v) is 10.6. The van der Waals surface area contributed by atoms with Gasteiger partial charge in [-0.1, -0.05) is 136 Å². The van der Waals surface area contributed by atoms with E-state index in [2.05, 4.69) is 191 Å². The number of hydrogen-bond donors (Lipinski definition) is 0. The molecule has 0 aromatic heterocycles. The van der Waals surface area contributed by atoms with Gasteiger partial charge >= 0.3 is 0 Å². The van der Waals surface area contributed by atoms with E-state index in [-0.39, 0.29) is 12.1 Å². The standard InChI is InChI=1S/C48H40BNO2/c1-31-14-12-13-19-41(31)50(42-28-37(48(3,4)5)23-20-32(42)2)38-29-45-47-46(30-38)52-44-27-36(34-17-10-7-11-18-34)22-25-40(44)49(47)39-24-21-35(26-43(39)51-45)33-15-8-6-9-16-33/h6-30H,1-5H3. The van der Waals surface area contributed by atoms with Gasteiger partial charge in [-0.3, -0.25) is 0 Å². The lowest BCUT2D eigenvalue weighted by Crippen LogP contribution is -2.57. The Morgan fingerprint density at radius 2 is 0.981 bits per heavy atom. The van der Waals surface area contributed by atoms with E-state index in [0.29, 0.717) is 0 Å². The van der Waals surface area contributed by atoms with Crippen LogP contribution in [0.25, 0.3) is 22.3 Å². The molecule has 0 unspecified atom stereocenters. The third kappa shape index (κ3) is 5.47. The largest absolute Gasteiger partial charge is 0.458 e. The van der Waals surface area contributed by atoms with Crippen LogP contribution in [0.4, 0.5) is 17.1 Å². The van der Waals surface area contributed by atoms with Crippen LogP contribution in [0.15, 0.2) is 152 Å². The number of fused-ring (bicyclic) bond motifs is 4. The summed E-state index contributed by atoms with van der Waals surface area (Å²) in [5, 5.41) is 0. The monoisotopic (exact) mass is 673 g/mol. The Kier molecular flexibility index (Phi) is 7.59. The molecular formula is C48H40BNO2. The SMILES string of the molecule is Cc1ccccc1N(c1cc2c3c(c1)Oc1cc(-c4ccccc4)ccc1B3c1ccc(-c3ccccc3)cc1O2)c1cc(C(C)(C)C)ccc1C. The lowest BCUT2D eigenvalue weighted by molar-refractivity contribution is 0.465. The fourth-order valence-corrected chi connectivity index (χ4v) is 7.77. The van der Waals surface area contributed by atoms with Crippen molar-refractivity contribution in [3.8, 4) is 45.3 Å². The van der Waals surface area contributed by atoms with Gasteiger partial charge in [0.25, 0.3) is 6.71 Å². The second-order valence-corrected chi connectivity index (χ2v) is 15.1. The van der Waals surface area contributed by atoms with E-state index >= 15 is 0 Å². The number of rotatable bonds is 5. The summed E-state index contributed by atoms with van der Waals surface area (Å²) in [6.07, 6.45) is 0. The molecule has 0 saturated heterocycles. The van der Waals surface area contributed by atoms with Crippen LogP contribution in [0.5, 0.6) is 23.0 Å². The molecule has 0 aliphatic carbocycles. The van der Waals surface area contributed by atoms with Gasteiger partial charge in [-0.15, -0.1) is 0 Å². The Morgan fingerprint density at radius 3 is 1.52 bits per heavy atom. The summed E-state index contributed by atoms with van der Waals surface area (Å²) in [6.45, 7) is 11.1.